The number of ether oxygens (including phenoxy) is 7. The maximum atomic E-state index is 12.3. The van der Waals surface area contributed by atoms with E-state index in [0.717, 1.165) is 181 Å². The second-order valence-electron chi connectivity index (χ2n) is 30.9. The van der Waals surface area contributed by atoms with Gasteiger partial charge in [0, 0.05) is 146 Å². The molecule has 4 aromatic heterocycles. The third kappa shape index (κ3) is 33.3. The molecule has 0 aliphatic rings. The number of para-hydroxylation sites is 4. The van der Waals surface area contributed by atoms with Gasteiger partial charge in [0.2, 0.25) is 0 Å². The van der Waals surface area contributed by atoms with Crippen LogP contribution in [0.15, 0.2) is 170 Å². The quantitative estimate of drug-likeness (QED) is 0.00612. The first-order chi connectivity index (χ1) is 65.1. The molecule has 7 N–H and O–H groups in total. The Morgan fingerprint density at radius 3 is 0.806 bits per heavy atom. The van der Waals surface area contributed by atoms with Gasteiger partial charge < -0.3 is 69.7 Å². The summed E-state index contributed by atoms with van der Waals surface area (Å²) in [5.41, 5.74) is 11.4. The number of alkyl halides is 3. The molecule has 33 heteroatoms. The Kier molecular flexibility index (Phi) is 47.2. The predicted molar refractivity (Wildman–Crippen MR) is 533 cm³/mol. The van der Waals surface area contributed by atoms with Crippen molar-refractivity contribution >= 4 is 193 Å². The summed E-state index contributed by atoms with van der Waals surface area (Å²) in [5, 5.41) is 46.2. The van der Waals surface area contributed by atoms with Crippen LogP contribution < -0.4 is 21.3 Å². The summed E-state index contributed by atoms with van der Waals surface area (Å²) in [5.74, 6) is -1.57. The van der Waals surface area contributed by atoms with E-state index < -0.39 is 29.8 Å². The van der Waals surface area contributed by atoms with Crippen molar-refractivity contribution in [3.63, 3.8) is 0 Å². The lowest BCUT2D eigenvalue weighted by molar-refractivity contribution is -0.144. The van der Waals surface area contributed by atoms with E-state index in [-0.39, 0.29) is 56.9 Å². The number of fused-ring (bicyclic) bond motifs is 8. The van der Waals surface area contributed by atoms with E-state index in [1.165, 1.54) is 28.4 Å². The molecule has 0 saturated carbocycles. The molecular weight excluding hydrogens is 1780 g/mol. The number of carboxylic acids is 1. The Labute approximate surface area is 796 Å². The van der Waals surface area contributed by atoms with Crippen LogP contribution in [0.25, 0.3) is 87.2 Å². The molecule has 0 atom stereocenters. The van der Waals surface area contributed by atoms with Gasteiger partial charge in [0.05, 0.1) is 150 Å². The van der Waals surface area contributed by atoms with Crippen molar-refractivity contribution in [2.45, 2.75) is 85.5 Å². The summed E-state index contributed by atoms with van der Waals surface area (Å²) >= 11 is 17.5. The maximum absolute atomic E-state index is 12.3. The van der Waals surface area contributed by atoms with Crippen molar-refractivity contribution in [3.8, 4) is 0 Å². The van der Waals surface area contributed by atoms with Crippen molar-refractivity contribution in [2.75, 3.05) is 205 Å². The number of aromatic nitrogens is 4. The number of aliphatic carboxylic acids is 1. The van der Waals surface area contributed by atoms with E-state index in [0.29, 0.717) is 125 Å². The molecule has 0 amide bonds. The molecule has 4 heterocycles. The molecule has 0 radical (unpaired) electrons. The third-order valence-corrected chi connectivity index (χ3v) is 21.9. The summed E-state index contributed by atoms with van der Waals surface area (Å²) < 4.78 is 35.6. The largest absolute Gasteiger partial charge is 0.481 e. The topological polar surface area (TPSA) is 374 Å². The van der Waals surface area contributed by atoms with Crippen LogP contribution >= 0.6 is 34.8 Å². The smallest absolute Gasteiger partial charge is 0.337 e. The second-order valence-corrected chi connectivity index (χ2v) is 32.0. The van der Waals surface area contributed by atoms with Gasteiger partial charge in [-0.3, -0.25) is 38.8 Å². The van der Waals surface area contributed by atoms with Crippen molar-refractivity contribution in [3.05, 3.63) is 192 Å². The van der Waals surface area contributed by atoms with E-state index >= 15 is 0 Å². The van der Waals surface area contributed by atoms with Gasteiger partial charge in [0.15, 0.2) is 0 Å². The van der Waals surface area contributed by atoms with Gasteiger partial charge in [-0.05, 0) is 155 Å². The van der Waals surface area contributed by atoms with E-state index in [1.807, 2.05) is 108 Å². The van der Waals surface area contributed by atoms with Gasteiger partial charge >= 0.3 is 47.8 Å². The molecule has 0 spiro atoms. The van der Waals surface area contributed by atoms with Gasteiger partial charge in [-0.2, -0.15) is 0 Å². The normalized spacial score (nSPS) is 11.1. The Balaban J connectivity index is 0.000000213. The Morgan fingerprint density at radius 2 is 0.552 bits per heavy atom. The summed E-state index contributed by atoms with van der Waals surface area (Å²) in [6, 6.07) is 51.9. The van der Waals surface area contributed by atoms with E-state index in [1.54, 1.807) is 66.7 Å². The number of aliphatic hydroxyl groups is 2. The molecule has 12 rings (SSSR count). The minimum absolute atomic E-state index is 0.00512. The number of esters is 7. The maximum Gasteiger partial charge on any atom is 0.337 e. The number of aliphatic hydroxyl groups excluding tert-OH is 2. The number of nitrogens with zero attached hydrogens (tertiary/aromatic N) is 8. The van der Waals surface area contributed by atoms with Crippen LogP contribution in [0.1, 0.15) is 127 Å². The number of halogens is 3. The van der Waals surface area contributed by atoms with Crippen LogP contribution in [-0.2, 0) is 52.3 Å². The fraction of sp³-hybridized carbons (Fsp3) is 0.406. The molecule has 0 bridgehead atoms. The molecule has 0 aliphatic heterocycles. The summed E-state index contributed by atoms with van der Waals surface area (Å²) in [7, 11) is 5.40. The third-order valence-electron chi connectivity index (χ3n) is 21.4. The van der Waals surface area contributed by atoms with Gasteiger partial charge in [0.25, 0.3) is 0 Å². The van der Waals surface area contributed by atoms with Crippen molar-refractivity contribution in [2.24, 2.45) is 0 Å². The number of carboxylic acid groups (broad SMARTS) is 1. The molecule has 12 aromatic rings. The van der Waals surface area contributed by atoms with Crippen LogP contribution in [0, 0.1) is 0 Å². The molecule has 0 saturated heterocycles. The molecule has 30 nitrogen and oxygen atoms in total. The molecule has 8 aromatic carbocycles. The highest BCUT2D eigenvalue weighted by molar-refractivity contribution is 6.19. The number of hydrogen-bond donors (Lipinski definition) is 7. The SMILES string of the molecule is CCCN(CCCl)CCOC(=O)CCCNc1c2ccccc2nc2ccc(C(=O)OC)cc12.CCCN(CCCl)CCOC(=O)CCNc1c2ccccc2nc2ccc(C(=O)OC)cc12.CCCN(CCCl)CCOC(=O)CCNc1c2ccccc2nc2ccc(C(=O)OC)cc12.CCCN(CCO)CCO.COC(=O)c1ccc2nc3ccccc3c(NCCC(=O)O)c2c1. The number of pyridine rings is 4. The van der Waals surface area contributed by atoms with Crippen molar-refractivity contribution in [1.29, 1.82) is 0 Å². The standard InChI is InChI=1S/C26H32ClN3O4.2C25H30ClN3O4.C18H16N2O4.C7H17NO2/c1-3-14-30(15-12-27)16-17-34-24(31)9-6-13-28-25-20-7-4-5-8-22(20)29-23-11-10-19(18-21(23)25)26(32)33-2;2*1-3-13-29(14-11-26)15-16-33-23(30)10-12-27-24-19-6-4-5-7-21(19)28-22-9-8-18(17-20(22)24)25(31)32-2;1-24-18(23)11-6-7-15-13(10-11)17(19-9-8-16(21)22)12-4-2-3-5-14(12)20-15;1-2-3-8(4-6-9)5-7-10/h4-5,7-8,10-11,18H,3,6,9,12-17H2,1-2H3,(H,28,29);2*4-9,17H,3,10-16H2,1-2H3,(H,27,28);2-7,10H,8-9H2,1H3,(H,19,20)(H,21,22);9-10H,2-7H2,1H3. The average Bonchev–Trinajstić information content (AvgIpc) is 0.785. The molecule has 0 fully saturated rings. The minimum atomic E-state index is -0.875. The molecular formula is C101H125Cl3N12O18. The first kappa shape index (κ1) is 107. The van der Waals surface area contributed by atoms with E-state index in [2.05, 4.69) is 68.6 Å². The number of carbonyl (C=O) groups is 8. The first-order valence-electron chi connectivity index (χ1n) is 45.2. The lowest BCUT2D eigenvalue weighted by atomic mass is 10.0. The van der Waals surface area contributed by atoms with Crippen molar-refractivity contribution < 1.29 is 86.8 Å². The van der Waals surface area contributed by atoms with Gasteiger partial charge in [0.1, 0.15) is 19.8 Å². The van der Waals surface area contributed by atoms with Crippen LogP contribution in [0.2, 0.25) is 0 Å². The Hall–Kier alpha value is -12.0. The van der Waals surface area contributed by atoms with Crippen LogP contribution in [0.4, 0.5) is 22.7 Å². The fourth-order valence-electron chi connectivity index (χ4n) is 15.0. The van der Waals surface area contributed by atoms with Crippen LogP contribution in [-0.4, -0.2) is 286 Å². The van der Waals surface area contributed by atoms with Crippen LogP contribution in [0.3, 0.4) is 0 Å². The molecule has 0 unspecified atom stereocenters. The average molecular weight is 1900 g/mol. The van der Waals surface area contributed by atoms with E-state index in [4.69, 9.17) is 98.2 Å². The number of hydrogen-bond acceptors (Lipinski definition) is 29. The predicted octanol–water partition coefficient (Wildman–Crippen LogP) is 16.5. The Morgan fingerprint density at radius 1 is 0.306 bits per heavy atom. The number of carbonyl (C=O) groups excluding carboxylic acids is 7. The number of methoxy groups -OCH3 is 4. The van der Waals surface area contributed by atoms with E-state index in [9.17, 15) is 38.4 Å². The lowest BCUT2D eigenvalue weighted by Crippen LogP contribution is -2.31. The zero-order chi connectivity index (χ0) is 96.5. The van der Waals surface area contributed by atoms with Gasteiger partial charge in [-0.1, -0.05) is 100 Å². The lowest BCUT2D eigenvalue weighted by Gasteiger charge is -2.20. The number of anilines is 4. The zero-order valence-corrected chi connectivity index (χ0v) is 79.9. The highest BCUT2D eigenvalue weighted by Gasteiger charge is 2.21. The fourth-order valence-corrected chi connectivity index (χ4v) is 15.7. The molecule has 134 heavy (non-hydrogen) atoms. The monoisotopic (exact) mass is 1900 g/mol. The van der Waals surface area contributed by atoms with Gasteiger partial charge in [-0.25, -0.2) is 39.1 Å². The summed E-state index contributed by atoms with van der Waals surface area (Å²) in [6.07, 6.45) is 5.54. The van der Waals surface area contributed by atoms with Gasteiger partial charge in [-0.15, -0.1) is 34.8 Å². The number of benzene rings is 8. The summed E-state index contributed by atoms with van der Waals surface area (Å²) in [6.45, 7) is 21.0. The Bertz CT molecular complexity index is 5620. The molecule has 718 valence electrons. The minimum Gasteiger partial charge on any atom is -0.481 e. The van der Waals surface area contributed by atoms with Crippen molar-refractivity contribution in [1.82, 2.24) is 39.5 Å². The highest BCUT2D eigenvalue weighted by Crippen LogP contribution is 2.37. The second kappa shape index (κ2) is 58.9. The highest BCUT2D eigenvalue weighted by atomic mass is 35.5. The molecule has 0 aliphatic carbocycles. The first-order valence-corrected chi connectivity index (χ1v) is 46.8. The number of rotatable bonds is 48. The zero-order valence-electron chi connectivity index (χ0n) is 77.7. The number of nitrogens with one attached hydrogen (secondary N) is 4. The summed E-state index contributed by atoms with van der Waals surface area (Å²) in [4.78, 5) is 123. The van der Waals surface area contributed by atoms with Crippen LogP contribution in [0.5, 0.6) is 0 Å².